The van der Waals surface area contributed by atoms with Crippen LogP contribution in [0.5, 0.6) is 0 Å². The lowest BCUT2D eigenvalue weighted by Crippen LogP contribution is -2.26. The lowest BCUT2D eigenvalue weighted by atomic mass is 9.71. The van der Waals surface area contributed by atoms with Crippen molar-refractivity contribution in [1.29, 1.82) is 0 Å². The predicted molar refractivity (Wildman–Crippen MR) is 90.8 cm³/mol. The van der Waals surface area contributed by atoms with Crippen LogP contribution in [0.15, 0.2) is 4.79 Å². The first-order valence-electron chi connectivity index (χ1n) is 7.97. The number of aryl methyl sites for hydroxylation is 1. The van der Waals surface area contributed by atoms with Crippen LogP contribution in [0, 0.1) is 34.6 Å². The van der Waals surface area contributed by atoms with E-state index >= 15 is 0 Å². The molecule has 0 fully saturated rings. The average Bonchev–Trinajstić information content (AvgIpc) is 2.46. The zero-order chi connectivity index (χ0) is 16.3. The lowest BCUT2D eigenvalue weighted by Gasteiger charge is -2.34. The van der Waals surface area contributed by atoms with Crippen molar-refractivity contribution in [3.05, 3.63) is 49.7 Å². The summed E-state index contributed by atoms with van der Waals surface area (Å²) in [6.07, 6.45) is 0. The number of aromatic amines is 1. The van der Waals surface area contributed by atoms with Gasteiger partial charge in [-0.15, -0.1) is 0 Å². The molecule has 1 N–H and O–H groups in total. The van der Waals surface area contributed by atoms with Crippen molar-refractivity contribution < 1.29 is 0 Å². The minimum absolute atomic E-state index is 0.00625. The highest BCUT2D eigenvalue weighted by molar-refractivity contribution is 5.79. The van der Waals surface area contributed by atoms with Gasteiger partial charge in [0.25, 0.3) is 5.56 Å². The van der Waals surface area contributed by atoms with E-state index in [4.69, 9.17) is 0 Å². The highest BCUT2D eigenvalue weighted by Crippen LogP contribution is 2.48. The van der Waals surface area contributed by atoms with Crippen LogP contribution in [0.4, 0.5) is 0 Å². The highest BCUT2D eigenvalue weighted by atomic mass is 16.1. The van der Waals surface area contributed by atoms with Crippen molar-refractivity contribution in [3.63, 3.8) is 0 Å². The number of benzene rings is 1. The molecule has 0 amide bonds. The third kappa shape index (κ3) is 1.81. The van der Waals surface area contributed by atoms with Crippen LogP contribution in [0.1, 0.15) is 65.0 Å². The molecule has 0 aliphatic heterocycles. The van der Waals surface area contributed by atoms with Gasteiger partial charge in [-0.05, 0) is 73.9 Å². The zero-order valence-corrected chi connectivity index (χ0v) is 14.5. The van der Waals surface area contributed by atoms with Gasteiger partial charge in [0.2, 0.25) is 0 Å². The first-order valence-corrected chi connectivity index (χ1v) is 7.97. The molecule has 116 valence electrons. The number of nitrogens with zero attached hydrogens (tertiary/aromatic N) is 1. The van der Waals surface area contributed by atoms with E-state index < -0.39 is 0 Å². The fourth-order valence-electron chi connectivity index (χ4n) is 3.90. The second-order valence-corrected chi connectivity index (χ2v) is 6.78. The molecule has 0 saturated carbocycles. The average molecular weight is 296 g/mol. The molecule has 1 aliphatic carbocycles. The molecule has 2 unspecified atom stereocenters. The fraction of sp³-hybridized carbons (Fsp3) is 0.474. The van der Waals surface area contributed by atoms with Crippen molar-refractivity contribution in [1.82, 2.24) is 9.97 Å². The number of aromatic nitrogens is 2. The van der Waals surface area contributed by atoms with Crippen molar-refractivity contribution in [2.45, 2.75) is 60.3 Å². The van der Waals surface area contributed by atoms with E-state index in [2.05, 4.69) is 51.5 Å². The van der Waals surface area contributed by atoms with Gasteiger partial charge in [-0.1, -0.05) is 13.8 Å². The molecular weight excluding hydrogens is 272 g/mol. The molecule has 2 aromatic rings. The zero-order valence-electron chi connectivity index (χ0n) is 14.5. The maximum Gasteiger partial charge on any atom is 0.259 e. The van der Waals surface area contributed by atoms with Crippen LogP contribution in [0.2, 0.25) is 0 Å². The number of rotatable bonds is 0. The van der Waals surface area contributed by atoms with Crippen molar-refractivity contribution in [3.8, 4) is 11.1 Å². The predicted octanol–water partition coefficient (Wildman–Crippen LogP) is 4.20. The van der Waals surface area contributed by atoms with Crippen molar-refractivity contribution in [2.24, 2.45) is 0 Å². The molecule has 0 spiro atoms. The summed E-state index contributed by atoms with van der Waals surface area (Å²) in [5.41, 5.74) is 9.35. The molecule has 1 aliphatic rings. The third-order valence-electron chi connectivity index (χ3n) is 5.69. The van der Waals surface area contributed by atoms with Crippen LogP contribution in [-0.4, -0.2) is 9.97 Å². The standard InChI is InChI=1S/C19H24N2O/c1-8-9(2)11(4)16-15(10(8)3)12(5)13(6)18-17(16)19(22)21-14(7)20-18/h12-13H,1-7H3,(H,20,21,22). The summed E-state index contributed by atoms with van der Waals surface area (Å²) in [5.74, 6) is 1.32. The topological polar surface area (TPSA) is 45.8 Å². The molecule has 2 atom stereocenters. The summed E-state index contributed by atoms with van der Waals surface area (Å²) >= 11 is 0. The molecule has 1 aromatic heterocycles. The molecule has 3 nitrogen and oxygen atoms in total. The fourth-order valence-corrected chi connectivity index (χ4v) is 3.90. The molecule has 1 heterocycles. The van der Waals surface area contributed by atoms with Gasteiger partial charge in [0.1, 0.15) is 5.82 Å². The second kappa shape index (κ2) is 4.80. The Morgan fingerprint density at radius 1 is 0.818 bits per heavy atom. The van der Waals surface area contributed by atoms with E-state index in [0.29, 0.717) is 11.7 Å². The first-order chi connectivity index (χ1) is 10.3. The molecule has 0 saturated heterocycles. The SMILES string of the molecule is Cc1nc2c(c(=O)[nH]1)-c1c(C)c(C)c(C)c(C)c1C(C)C2C. The molecule has 0 radical (unpaired) electrons. The van der Waals surface area contributed by atoms with E-state index in [1.54, 1.807) is 0 Å². The van der Waals surface area contributed by atoms with Crippen LogP contribution >= 0.6 is 0 Å². The number of nitrogens with one attached hydrogen (secondary N) is 1. The van der Waals surface area contributed by atoms with E-state index in [0.717, 1.165) is 16.8 Å². The molecule has 22 heavy (non-hydrogen) atoms. The van der Waals surface area contributed by atoms with E-state index in [1.165, 1.54) is 27.8 Å². The monoisotopic (exact) mass is 296 g/mol. The van der Waals surface area contributed by atoms with Crippen molar-refractivity contribution >= 4 is 0 Å². The molecule has 3 rings (SSSR count). The molecule has 3 heteroatoms. The van der Waals surface area contributed by atoms with Crippen LogP contribution in [0.25, 0.3) is 11.1 Å². The largest absolute Gasteiger partial charge is 0.310 e. The van der Waals surface area contributed by atoms with E-state index in [1.807, 2.05) is 6.92 Å². The Hall–Kier alpha value is -1.90. The van der Waals surface area contributed by atoms with Crippen LogP contribution in [0.3, 0.4) is 0 Å². The lowest BCUT2D eigenvalue weighted by molar-refractivity contribution is 0.590. The summed E-state index contributed by atoms with van der Waals surface area (Å²) in [6, 6.07) is 0. The molecule has 1 aromatic carbocycles. The molecule has 0 bridgehead atoms. The van der Waals surface area contributed by atoms with Crippen LogP contribution < -0.4 is 5.56 Å². The number of H-pyrrole nitrogens is 1. The van der Waals surface area contributed by atoms with Crippen molar-refractivity contribution in [2.75, 3.05) is 0 Å². The summed E-state index contributed by atoms with van der Waals surface area (Å²) in [6.45, 7) is 14.9. The van der Waals surface area contributed by atoms with E-state index in [-0.39, 0.29) is 11.5 Å². The summed E-state index contributed by atoms with van der Waals surface area (Å²) in [4.78, 5) is 20.2. The third-order valence-corrected chi connectivity index (χ3v) is 5.69. The second-order valence-electron chi connectivity index (χ2n) is 6.78. The van der Waals surface area contributed by atoms with Gasteiger partial charge in [-0.2, -0.15) is 0 Å². The Morgan fingerprint density at radius 3 is 2.05 bits per heavy atom. The summed E-state index contributed by atoms with van der Waals surface area (Å²) in [7, 11) is 0. The van der Waals surface area contributed by atoms with Gasteiger partial charge >= 0.3 is 0 Å². The number of fused-ring (bicyclic) bond motifs is 3. The minimum atomic E-state index is -0.00625. The molecular formula is C19H24N2O. The van der Waals surface area contributed by atoms with E-state index in [9.17, 15) is 4.79 Å². The Labute approximate surface area is 131 Å². The first kappa shape index (κ1) is 15.0. The Kier molecular flexibility index (Phi) is 3.28. The van der Waals surface area contributed by atoms with Crippen LogP contribution in [-0.2, 0) is 0 Å². The highest BCUT2D eigenvalue weighted by Gasteiger charge is 2.34. The van der Waals surface area contributed by atoms with Gasteiger partial charge in [-0.3, -0.25) is 4.79 Å². The van der Waals surface area contributed by atoms with Gasteiger partial charge in [0.05, 0.1) is 11.3 Å². The number of hydrogen-bond donors (Lipinski definition) is 1. The maximum absolute atomic E-state index is 12.7. The maximum atomic E-state index is 12.7. The summed E-state index contributed by atoms with van der Waals surface area (Å²) in [5, 5.41) is 0. The summed E-state index contributed by atoms with van der Waals surface area (Å²) < 4.78 is 0. The normalized spacial score (nSPS) is 19.8. The number of hydrogen-bond acceptors (Lipinski definition) is 2. The quantitative estimate of drug-likeness (QED) is 0.792. The van der Waals surface area contributed by atoms with Gasteiger partial charge in [-0.25, -0.2) is 4.98 Å². The van der Waals surface area contributed by atoms with Gasteiger partial charge < -0.3 is 4.98 Å². The Balaban J connectivity index is 2.54. The smallest absolute Gasteiger partial charge is 0.259 e. The van der Waals surface area contributed by atoms with Gasteiger partial charge in [0, 0.05) is 5.92 Å². The Bertz CT molecular complexity index is 846. The van der Waals surface area contributed by atoms with Gasteiger partial charge in [0.15, 0.2) is 0 Å². The Morgan fingerprint density at radius 2 is 1.41 bits per heavy atom. The minimum Gasteiger partial charge on any atom is -0.310 e.